The third-order valence-electron chi connectivity index (χ3n) is 2.22. The van der Waals surface area contributed by atoms with Crippen molar-refractivity contribution < 1.29 is 4.74 Å². The Bertz CT molecular complexity index is 400. The van der Waals surface area contributed by atoms with Gasteiger partial charge in [0.25, 0.3) is 0 Å². The van der Waals surface area contributed by atoms with Gasteiger partial charge in [-0.05, 0) is 29.7 Å². The molecule has 1 aromatic rings. The van der Waals surface area contributed by atoms with E-state index in [1.54, 1.807) is 7.11 Å². The Morgan fingerprint density at radius 2 is 1.87 bits per heavy atom. The average molecular weight is 200 g/mol. The van der Waals surface area contributed by atoms with Gasteiger partial charge in [-0.25, -0.2) is 0 Å². The summed E-state index contributed by atoms with van der Waals surface area (Å²) in [6.07, 6.45) is 3.73. The largest absolute Gasteiger partial charge is 0.497 e. The van der Waals surface area contributed by atoms with E-state index in [1.165, 1.54) is 5.56 Å². The first-order valence-corrected chi connectivity index (χ1v) is 4.81. The highest BCUT2D eigenvalue weighted by Crippen LogP contribution is 2.18. The first kappa shape index (κ1) is 11.3. The molecule has 0 N–H and O–H groups in total. The van der Waals surface area contributed by atoms with Crippen LogP contribution >= 0.6 is 0 Å². The van der Waals surface area contributed by atoms with Gasteiger partial charge >= 0.3 is 0 Å². The first-order chi connectivity index (χ1) is 7.15. The molecule has 0 amide bonds. The Hall–Kier alpha value is -1.76. The van der Waals surface area contributed by atoms with Crippen molar-refractivity contribution in [3.8, 4) is 0 Å². The molecule has 0 aliphatic heterocycles. The third kappa shape index (κ3) is 3.13. The Kier molecular flexibility index (Phi) is 3.92. The fourth-order valence-corrected chi connectivity index (χ4v) is 1.28. The van der Waals surface area contributed by atoms with Crippen LogP contribution in [0.4, 0.5) is 0 Å². The topological polar surface area (TPSA) is 9.23 Å². The number of hydrogen-bond acceptors (Lipinski definition) is 1. The van der Waals surface area contributed by atoms with Crippen LogP contribution in [-0.2, 0) is 4.74 Å². The van der Waals surface area contributed by atoms with Gasteiger partial charge in [0.1, 0.15) is 5.76 Å². The lowest BCUT2D eigenvalue weighted by molar-refractivity contribution is 0.309. The molecular formula is C14H16O. The van der Waals surface area contributed by atoms with Crippen molar-refractivity contribution in [3.63, 3.8) is 0 Å². The van der Waals surface area contributed by atoms with E-state index in [0.29, 0.717) is 5.76 Å². The fraction of sp³-hybridized carbons (Fsp3) is 0.143. The predicted molar refractivity (Wildman–Crippen MR) is 65.5 cm³/mol. The van der Waals surface area contributed by atoms with E-state index in [4.69, 9.17) is 4.74 Å². The molecule has 0 spiro atoms. The molecule has 0 unspecified atom stereocenters. The molecule has 1 heteroatoms. The zero-order valence-corrected chi connectivity index (χ0v) is 9.29. The van der Waals surface area contributed by atoms with Crippen LogP contribution in [0.1, 0.15) is 11.1 Å². The van der Waals surface area contributed by atoms with Crippen LogP contribution in [0.3, 0.4) is 0 Å². The van der Waals surface area contributed by atoms with Crippen molar-refractivity contribution in [2.24, 2.45) is 0 Å². The summed E-state index contributed by atoms with van der Waals surface area (Å²) in [5.41, 5.74) is 3.33. The summed E-state index contributed by atoms with van der Waals surface area (Å²) in [5, 5.41) is 0. The highest BCUT2D eigenvalue weighted by Gasteiger charge is 1.98. The van der Waals surface area contributed by atoms with Crippen molar-refractivity contribution in [2.45, 2.75) is 6.92 Å². The van der Waals surface area contributed by atoms with Gasteiger partial charge in [-0.15, -0.1) is 0 Å². The van der Waals surface area contributed by atoms with E-state index in [9.17, 15) is 0 Å². The molecule has 0 fully saturated rings. The van der Waals surface area contributed by atoms with E-state index in [0.717, 1.165) is 11.1 Å². The molecule has 1 nitrogen and oxygen atoms in total. The maximum Gasteiger partial charge on any atom is 0.111 e. The normalized spacial score (nSPS) is 10.3. The number of hydrogen-bond donors (Lipinski definition) is 0. The quantitative estimate of drug-likeness (QED) is 0.531. The molecular weight excluding hydrogens is 184 g/mol. The second kappa shape index (κ2) is 5.20. The van der Waals surface area contributed by atoms with Gasteiger partial charge in [0.15, 0.2) is 0 Å². The highest BCUT2D eigenvalue weighted by molar-refractivity contribution is 5.74. The lowest BCUT2D eigenvalue weighted by Gasteiger charge is -2.04. The summed E-state index contributed by atoms with van der Waals surface area (Å²) in [5.74, 6) is 0.629. The number of ether oxygens (including phenoxy) is 1. The first-order valence-electron chi connectivity index (χ1n) is 4.81. The van der Waals surface area contributed by atoms with Crippen LogP contribution in [0.2, 0.25) is 0 Å². The zero-order valence-electron chi connectivity index (χ0n) is 9.29. The lowest BCUT2D eigenvalue weighted by atomic mass is 10.0. The van der Waals surface area contributed by atoms with Crippen molar-refractivity contribution in [1.29, 1.82) is 0 Å². The zero-order chi connectivity index (χ0) is 11.3. The van der Waals surface area contributed by atoms with Gasteiger partial charge in [0.05, 0.1) is 7.11 Å². The van der Waals surface area contributed by atoms with Gasteiger partial charge in [-0.2, -0.15) is 0 Å². The van der Waals surface area contributed by atoms with Crippen LogP contribution in [-0.4, -0.2) is 7.11 Å². The Morgan fingerprint density at radius 1 is 1.20 bits per heavy atom. The summed E-state index contributed by atoms with van der Waals surface area (Å²) in [6.45, 7) is 9.79. The minimum Gasteiger partial charge on any atom is -0.497 e. The predicted octanol–water partition coefficient (Wildman–Crippen LogP) is 3.72. The molecule has 78 valence electrons. The molecule has 0 aliphatic carbocycles. The van der Waals surface area contributed by atoms with Crippen molar-refractivity contribution in [2.75, 3.05) is 7.11 Å². The van der Waals surface area contributed by atoms with Gasteiger partial charge in [0.2, 0.25) is 0 Å². The van der Waals surface area contributed by atoms with E-state index >= 15 is 0 Å². The molecule has 0 aliphatic rings. The number of allylic oxidation sites excluding steroid dienone is 3. The van der Waals surface area contributed by atoms with Crippen LogP contribution in [0.15, 0.2) is 55.3 Å². The van der Waals surface area contributed by atoms with Crippen LogP contribution in [0.25, 0.3) is 5.57 Å². The van der Waals surface area contributed by atoms with Gasteiger partial charge < -0.3 is 4.74 Å². The van der Waals surface area contributed by atoms with Crippen LogP contribution in [0, 0.1) is 6.92 Å². The third-order valence-corrected chi connectivity index (χ3v) is 2.22. The van der Waals surface area contributed by atoms with Gasteiger partial charge in [-0.3, -0.25) is 0 Å². The molecule has 0 atom stereocenters. The summed E-state index contributed by atoms with van der Waals surface area (Å²) in [7, 11) is 1.60. The molecule has 15 heavy (non-hydrogen) atoms. The second-order valence-electron chi connectivity index (χ2n) is 3.34. The van der Waals surface area contributed by atoms with Crippen LogP contribution in [0.5, 0.6) is 0 Å². The average Bonchev–Trinajstić information content (AvgIpc) is 2.26. The monoisotopic (exact) mass is 200 g/mol. The summed E-state index contributed by atoms with van der Waals surface area (Å²) in [6, 6.07) is 8.15. The summed E-state index contributed by atoms with van der Waals surface area (Å²) in [4.78, 5) is 0. The molecule has 0 saturated heterocycles. The SMILES string of the molecule is C=C(/C=C\C(=C)c1ccccc1C)OC. The smallest absolute Gasteiger partial charge is 0.111 e. The fourth-order valence-electron chi connectivity index (χ4n) is 1.28. The Balaban J connectivity index is 2.83. The summed E-state index contributed by atoms with van der Waals surface area (Å²) >= 11 is 0. The molecule has 1 aromatic carbocycles. The number of benzene rings is 1. The molecule has 0 aromatic heterocycles. The molecule has 0 radical (unpaired) electrons. The highest BCUT2D eigenvalue weighted by atomic mass is 16.5. The van der Waals surface area contributed by atoms with Crippen molar-refractivity contribution in [1.82, 2.24) is 0 Å². The van der Waals surface area contributed by atoms with Crippen molar-refractivity contribution in [3.05, 3.63) is 66.5 Å². The molecule has 0 bridgehead atoms. The van der Waals surface area contributed by atoms with Crippen LogP contribution < -0.4 is 0 Å². The van der Waals surface area contributed by atoms with E-state index in [2.05, 4.69) is 32.2 Å². The Labute approximate surface area is 91.4 Å². The molecule has 0 heterocycles. The van der Waals surface area contributed by atoms with Crippen molar-refractivity contribution >= 4 is 5.57 Å². The van der Waals surface area contributed by atoms with E-state index < -0.39 is 0 Å². The number of aryl methyl sites for hydroxylation is 1. The maximum absolute atomic E-state index is 4.94. The standard InChI is InChI=1S/C14H16O/c1-11-7-5-6-8-14(11)12(2)9-10-13(3)15-4/h5-10H,2-3H2,1,4H3/b10-9-. The Morgan fingerprint density at radius 3 is 2.47 bits per heavy atom. The maximum atomic E-state index is 4.94. The molecule has 1 rings (SSSR count). The number of methoxy groups -OCH3 is 1. The van der Waals surface area contributed by atoms with E-state index in [-0.39, 0.29) is 0 Å². The van der Waals surface area contributed by atoms with E-state index in [1.807, 2.05) is 24.3 Å². The minimum atomic E-state index is 0.629. The second-order valence-corrected chi connectivity index (χ2v) is 3.34. The van der Waals surface area contributed by atoms with Gasteiger partial charge in [-0.1, -0.05) is 43.5 Å². The number of rotatable bonds is 4. The van der Waals surface area contributed by atoms with Gasteiger partial charge in [0, 0.05) is 0 Å². The lowest BCUT2D eigenvalue weighted by Crippen LogP contribution is -1.85. The molecule has 0 saturated carbocycles. The summed E-state index contributed by atoms with van der Waals surface area (Å²) < 4.78 is 4.94. The minimum absolute atomic E-state index is 0.629.